The van der Waals surface area contributed by atoms with E-state index < -0.39 is 0 Å². The Morgan fingerprint density at radius 3 is 2.65 bits per heavy atom. The number of para-hydroxylation sites is 1. The van der Waals surface area contributed by atoms with Crippen LogP contribution >= 0.6 is 0 Å². The van der Waals surface area contributed by atoms with Crippen LogP contribution in [0, 0.1) is 0 Å². The summed E-state index contributed by atoms with van der Waals surface area (Å²) in [6.45, 7) is 0.777. The minimum absolute atomic E-state index is 0.0676. The average Bonchev–Trinajstić information content (AvgIpc) is 3.00. The lowest BCUT2D eigenvalue weighted by Crippen LogP contribution is -2.23. The fraction of sp³-hybridized carbons (Fsp3) is 0.222. The van der Waals surface area contributed by atoms with Crippen LogP contribution in [-0.4, -0.2) is 30.9 Å². The molecule has 2 aromatic rings. The lowest BCUT2D eigenvalue weighted by Gasteiger charge is -2.15. The van der Waals surface area contributed by atoms with Gasteiger partial charge in [-0.15, -0.1) is 0 Å². The van der Waals surface area contributed by atoms with E-state index in [2.05, 4.69) is 4.99 Å². The van der Waals surface area contributed by atoms with Gasteiger partial charge in [0.05, 0.1) is 12.8 Å². The molecule has 0 aliphatic carbocycles. The van der Waals surface area contributed by atoms with Crippen LogP contribution in [0.3, 0.4) is 0 Å². The zero-order valence-corrected chi connectivity index (χ0v) is 12.9. The number of phenolic OH excluding ortho intramolecular Hbond substituents is 1. The number of amides is 1. The highest BCUT2D eigenvalue weighted by Gasteiger charge is 2.21. The number of hydrogen-bond donors (Lipinski definition) is 1. The van der Waals surface area contributed by atoms with E-state index in [9.17, 15) is 9.90 Å². The van der Waals surface area contributed by atoms with Crippen LogP contribution in [0.25, 0.3) is 0 Å². The van der Waals surface area contributed by atoms with Gasteiger partial charge in [-0.3, -0.25) is 9.79 Å². The summed E-state index contributed by atoms with van der Waals surface area (Å²) in [5.74, 6) is 0.650. The van der Waals surface area contributed by atoms with Crippen LogP contribution in [0.15, 0.2) is 47.5 Å². The van der Waals surface area contributed by atoms with Gasteiger partial charge in [0.25, 0.3) is 0 Å². The van der Waals surface area contributed by atoms with Gasteiger partial charge in [-0.1, -0.05) is 6.07 Å². The Morgan fingerprint density at radius 1 is 1.22 bits per heavy atom. The van der Waals surface area contributed by atoms with Crippen LogP contribution in [0.2, 0.25) is 0 Å². The van der Waals surface area contributed by atoms with Gasteiger partial charge >= 0.3 is 0 Å². The van der Waals surface area contributed by atoms with Crippen molar-refractivity contribution >= 4 is 23.5 Å². The second-order valence-corrected chi connectivity index (χ2v) is 5.32. The van der Waals surface area contributed by atoms with Crippen molar-refractivity contribution in [3.63, 3.8) is 0 Å². The fourth-order valence-electron chi connectivity index (χ4n) is 2.59. The summed E-state index contributed by atoms with van der Waals surface area (Å²) in [4.78, 5) is 17.9. The highest BCUT2D eigenvalue weighted by Crippen LogP contribution is 2.29. The number of nitrogens with zero attached hydrogens (tertiary/aromatic N) is 2. The number of anilines is 1. The first kappa shape index (κ1) is 15.1. The number of aromatic hydroxyl groups is 1. The van der Waals surface area contributed by atoms with Gasteiger partial charge in [-0.2, -0.15) is 0 Å². The lowest BCUT2D eigenvalue weighted by atomic mass is 10.2. The second-order valence-electron chi connectivity index (χ2n) is 5.32. The molecule has 1 heterocycles. The molecule has 1 aliphatic rings. The maximum atomic E-state index is 11.7. The molecule has 118 valence electrons. The second kappa shape index (κ2) is 6.52. The van der Waals surface area contributed by atoms with Gasteiger partial charge in [-0.25, -0.2) is 0 Å². The largest absolute Gasteiger partial charge is 0.504 e. The fourth-order valence-corrected chi connectivity index (χ4v) is 2.59. The SMILES string of the molecule is COc1cccc(C=Nc2ccc(N3CCCC3=O)cc2)c1O. The van der Waals surface area contributed by atoms with E-state index in [1.165, 1.54) is 7.11 Å². The number of phenols is 1. The number of hydrogen-bond acceptors (Lipinski definition) is 4. The molecule has 1 aliphatic heterocycles. The van der Waals surface area contributed by atoms with Crippen molar-refractivity contribution in [2.75, 3.05) is 18.6 Å². The van der Waals surface area contributed by atoms with Crippen molar-refractivity contribution in [2.24, 2.45) is 4.99 Å². The van der Waals surface area contributed by atoms with Gasteiger partial charge in [-0.05, 0) is 42.8 Å². The van der Waals surface area contributed by atoms with E-state index in [0.29, 0.717) is 17.7 Å². The normalized spacial score (nSPS) is 14.7. The molecule has 0 spiro atoms. The Bertz CT molecular complexity index is 738. The molecular formula is C18H18N2O3. The van der Waals surface area contributed by atoms with Crippen molar-refractivity contribution in [2.45, 2.75) is 12.8 Å². The maximum absolute atomic E-state index is 11.7. The summed E-state index contributed by atoms with van der Waals surface area (Å²) in [5, 5.41) is 10.0. The summed E-state index contributed by atoms with van der Waals surface area (Å²) >= 11 is 0. The van der Waals surface area contributed by atoms with E-state index in [1.54, 1.807) is 29.3 Å². The van der Waals surface area contributed by atoms with E-state index in [-0.39, 0.29) is 11.7 Å². The minimum Gasteiger partial charge on any atom is -0.504 e. The Morgan fingerprint density at radius 2 is 2.00 bits per heavy atom. The zero-order valence-electron chi connectivity index (χ0n) is 12.9. The van der Waals surface area contributed by atoms with Crippen LogP contribution in [0.5, 0.6) is 11.5 Å². The molecule has 0 saturated carbocycles. The minimum atomic E-state index is 0.0676. The summed E-state index contributed by atoms with van der Waals surface area (Å²) in [6.07, 6.45) is 3.12. The molecule has 0 radical (unpaired) electrons. The Hall–Kier alpha value is -2.82. The predicted octanol–water partition coefficient (Wildman–Crippen LogP) is 3.28. The molecule has 5 nitrogen and oxygen atoms in total. The molecule has 23 heavy (non-hydrogen) atoms. The van der Waals surface area contributed by atoms with Crippen LogP contribution in [-0.2, 0) is 4.79 Å². The Labute approximate surface area is 134 Å². The quantitative estimate of drug-likeness (QED) is 0.882. The molecule has 0 bridgehead atoms. The molecular weight excluding hydrogens is 292 g/mol. The van der Waals surface area contributed by atoms with E-state index in [1.807, 2.05) is 24.3 Å². The third-order valence-corrected chi connectivity index (χ3v) is 3.84. The van der Waals surface area contributed by atoms with Gasteiger partial charge in [0.1, 0.15) is 0 Å². The number of ether oxygens (including phenoxy) is 1. The molecule has 2 aromatic carbocycles. The van der Waals surface area contributed by atoms with Crippen molar-refractivity contribution in [1.29, 1.82) is 0 Å². The third kappa shape index (κ3) is 3.18. The van der Waals surface area contributed by atoms with Gasteiger partial charge in [0, 0.05) is 30.4 Å². The van der Waals surface area contributed by atoms with Gasteiger partial charge in [0.2, 0.25) is 5.91 Å². The summed E-state index contributed by atoms with van der Waals surface area (Å²) in [6, 6.07) is 12.7. The van der Waals surface area contributed by atoms with Crippen molar-refractivity contribution in [3.05, 3.63) is 48.0 Å². The molecule has 1 saturated heterocycles. The standard InChI is InChI=1S/C18H18N2O3/c1-23-16-5-2-4-13(18(16)22)12-19-14-7-9-15(10-8-14)20-11-3-6-17(20)21/h2,4-5,7-10,12,22H,3,6,11H2,1H3. The molecule has 0 atom stereocenters. The number of carbonyl (C=O) groups is 1. The number of rotatable bonds is 4. The summed E-state index contributed by atoms with van der Waals surface area (Å²) < 4.78 is 5.07. The van der Waals surface area contributed by atoms with Gasteiger partial charge in [0.15, 0.2) is 11.5 Å². The summed E-state index contributed by atoms with van der Waals surface area (Å²) in [5.41, 5.74) is 2.24. The first-order chi connectivity index (χ1) is 11.2. The molecule has 0 unspecified atom stereocenters. The first-order valence-electron chi connectivity index (χ1n) is 7.49. The summed E-state index contributed by atoms with van der Waals surface area (Å²) in [7, 11) is 1.51. The van der Waals surface area contributed by atoms with E-state index >= 15 is 0 Å². The van der Waals surface area contributed by atoms with Gasteiger partial charge < -0.3 is 14.7 Å². The number of benzene rings is 2. The van der Waals surface area contributed by atoms with Crippen molar-refractivity contribution in [3.8, 4) is 11.5 Å². The Kier molecular flexibility index (Phi) is 4.28. The highest BCUT2D eigenvalue weighted by molar-refractivity contribution is 5.95. The predicted molar refractivity (Wildman–Crippen MR) is 89.9 cm³/mol. The number of carbonyl (C=O) groups excluding carboxylic acids is 1. The molecule has 1 fully saturated rings. The van der Waals surface area contributed by atoms with Crippen molar-refractivity contribution < 1.29 is 14.6 Å². The molecule has 1 amide bonds. The van der Waals surface area contributed by atoms with Crippen LogP contribution in [0.4, 0.5) is 11.4 Å². The molecule has 3 rings (SSSR count). The average molecular weight is 310 g/mol. The highest BCUT2D eigenvalue weighted by atomic mass is 16.5. The smallest absolute Gasteiger partial charge is 0.227 e. The maximum Gasteiger partial charge on any atom is 0.227 e. The van der Waals surface area contributed by atoms with E-state index in [4.69, 9.17) is 4.74 Å². The van der Waals surface area contributed by atoms with E-state index in [0.717, 1.165) is 24.3 Å². The zero-order chi connectivity index (χ0) is 16.2. The molecule has 1 N–H and O–H groups in total. The van der Waals surface area contributed by atoms with Crippen LogP contribution < -0.4 is 9.64 Å². The molecule has 0 aromatic heterocycles. The monoisotopic (exact) mass is 310 g/mol. The van der Waals surface area contributed by atoms with Crippen LogP contribution in [0.1, 0.15) is 18.4 Å². The topological polar surface area (TPSA) is 62.1 Å². The Balaban J connectivity index is 1.77. The first-order valence-corrected chi connectivity index (χ1v) is 7.49. The number of aliphatic imine (C=N–C) groups is 1. The third-order valence-electron chi connectivity index (χ3n) is 3.84. The van der Waals surface area contributed by atoms with Crippen molar-refractivity contribution in [1.82, 2.24) is 0 Å². The molecule has 5 heteroatoms. The lowest BCUT2D eigenvalue weighted by molar-refractivity contribution is -0.117. The number of methoxy groups -OCH3 is 1.